The number of ether oxygens (including phenoxy) is 2. The van der Waals surface area contributed by atoms with Gasteiger partial charge in [-0.1, -0.05) is 85.7 Å². The molecule has 2 N–H and O–H groups in total. The fourth-order valence-electron chi connectivity index (χ4n) is 5.81. The number of anilines is 1. The zero-order chi connectivity index (χ0) is 42.8. The monoisotopic (exact) mass is 1040 g/mol. The number of halogens is 1. The van der Waals surface area contributed by atoms with Crippen LogP contribution >= 0.6 is 11.6 Å². The Labute approximate surface area is 342 Å². The van der Waals surface area contributed by atoms with E-state index in [9.17, 15) is 15.5 Å². The number of aryl methyl sites for hydroxylation is 1. The predicted molar refractivity (Wildman–Crippen MR) is 232 cm³/mol. The van der Waals surface area contributed by atoms with E-state index in [2.05, 4.69) is 50.1 Å². The number of aromatic nitrogens is 3. The van der Waals surface area contributed by atoms with E-state index in [1.807, 2.05) is 93.0 Å². The van der Waals surface area contributed by atoms with Crippen molar-refractivity contribution in [3.8, 4) is 23.3 Å². The standard InChI is InChI=1S/C27H33N5O3.C7H7ClN.C2H4O2.4C2H6.Cm/c1-4-19-14-31(20-6-5-7-22(33)26(20)34)11-10-30(19)15-24-29-25-21(12-18(2)13-23(25)35-3)32(24)17-27(16-28)8-9-27;1-2-7-4-3-6(8)5-9-7;1-4-2-3;4*1-2;/h5-7,12-13,19,33-34H,4,8-11,14-15,17H2,1-3H3;2-5H,1H3;2H,1H3;4*1-2H3;/q;-1;;;;;;. The van der Waals surface area contributed by atoms with Gasteiger partial charge >= 0.3 is 0 Å². The molecule has 13 heteroatoms. The SMILES string of the molecule is CC.CC.CC.CC.CCC1CN(c2cccc(O)c2O)CCN1Cc1nc2c(OC)cc(C)cc2n1CC1(C#N)CC1.COC=O.C[CH-]c1ccc(Cl)cn1.[Cm]. The number of nitrogens with zero attached hydrogens (tertiary/aromatic N) is 6. The average Bonchev–Trinajstić information content (AvgIpc) is 3.97. The number of carbonyl (C=O) groups excluding carboxylic acids is 1. The molecule has 1 aliphatic carbocycles. The maximum absolute atomic E-state index is 10.4. The van der Waals surface area contributed by atoms with Crippen LogP contribution in [-0.2, 0) is 22.6 Å². The number of pyridine rings is 1. The number of rotatable bonds is 9. The summed E-state index contributed by atoms with van der Waals surface area (Å²) in [7, 11) is 2.99. The molecule has 11 nitrogen and oxygen atoms in total. The molecule has 57 heavy (non-hydrogen) atoms. The van der Waals surface area contributed by atoms with Gasteiger partial charge in [-0.25, -0.2) is 11.4 Å². The number of aromatic hydroxyl groups is 2. The first-order valence-corrected chi connectivity index (χ1v) is 20.3. The molecule has 1 atom stereocenters. The van der Waals surface area contributed by atoms with Crippen molar-refractivity contribution in [3.63, 3.8) is 0 Å². The van der Waals surface area contributed by atoms with Gasteiger partial charge in [0.15, 0.2) is 11.5 Å². The third kappa shape index (κ3) is 15.4. The fourth-order valence-corrected chi connectivity index (χ4v) is 5.92. The minimum atomic E-state index is -0.297. The first kappa shape index (κ1) is 53.4. The van der Waals surface area contributed by atoms with Crippen LogP contribution in [-0.4, -0.2) is 76.0 Å². The quantitative estimate of drug-likeness (QED) is 0.0947. The number of fused-ring (bicyclic) bond motifs is 1. The van der Waals surface area contributed by atoms with E-state index in [1.54, 1.807) is 19.4 Å². The Morgan fingerprint density at radius 1 is 1.04 bits per heavy atom. The smallest absolute Gasteiger partial charge is 0.292 e. The number of phenols is 2. The van der Waals surface area contributed by atoms with Crippen molar-refractivity contribution in [3.05, 3.63) is 77.2 Å². The number of methoxy groups -OCH3 is 2. The molecule has 2 aliphatic rings. The van der Waals surface area contributed by atoms with Gasteiger partial charge in [0.25, 0.3) is 6.47 Å². The number of para-hydroxylation sites is 1. The van der Waals surface area contributed by atoms with Gasteiger partial charge in [-0.2, -0.15) is 11.3 Å². The molecule has 1 unspecified atom stereocenters. The van der Waals surface area contributed by atoms with E-state index in [1.165, 1.54) is 13.2 Å². The van der Waals surface area contributed by atoms with Crippen molar-refractivity contribution in [2.24, 2.45) is 5.41 Å². The Kier molecular flexibility index (Phi) is 26.9. The summed E-state index contributed by atoms with van der Waals surface area (Å²) in [5, 5.41) is 30.8. The van der Waals surface area contributed by atoms with Crippen LogP contribution < -0.4 is 9.64 Å². The number of piperazine rings is 1. The normalized spacial score (nSPS) is 14.3. The van der Waals surface area contributed by atoms with E-state index in [-0.39, 0.29) is 23.0 Å². The van der Waals surface area contributed by atoms with Gasteiger partial charge in [0.2, 0.25) is 0 Å². The first-order chi connectivity index (χ1) is 27.1. The van der Waals surface area contributed by atoms with Crippen LogP contribution in [0.4, 0.5) is 5.69 Å². The molecule has 320 valence electrons. The van der Waals surface area contributed by atoms with Crippen LogP contribution in [0.3, 0.4) is 0 Å². The fraction of sp³-hybridized carbons (Fsp3) is 0.523. The molecule has 2 fully saturated rings. The molecule has 2 aromatic carbocycles. The van der Waals surface area contributed by atoms with Crippen LogP contribution in [0.5, 0.6) is 17.2 Å². The van der Waals surface area contributed by atoms with E-state index in [0.717, 1.165) is 72.8 Å². The second-order valence-corrected chi connectivity index (χ2v) is 12.4. The predicted octanol–water partition coefficient (Wildman–Crippen LogP) is 10.4. The minimum Gasteiger partial charge on any atom is -0.504 e. The van der Waals surface area contributed by atoms with E-state index in [4.69, 9.17) is 26.1 Å². The van der Waals surface area contributed by atoms with E-state index < -0.39 is 0 Å². The van der Waals surface area contributed by atoms with Crippen molar-refractivity contribution < 1.29 is 24.5 Å². The molecule has 3 heterocycles. The molecule has 1 saturated carbocycles. The van der Waals surface area contributed by atoms with Crippen LogP contribution in [0.2, 0.25) is 5.02 Å². The number of phenolic OH excluding ortho intramolecular Hbond substituents is 2. The van der Waals surface area contributed by atoms with Gasteiger partial charge in [0.05, 0.1) is 43.5 Å². The number of hydrogen-bond donors (Lipinski definition) is 2. The Morgan fingerprint density at radius 3 is 2.16 bits per heavy atom. The maximum atomic E-state index is 10.4. The van der Waals surface area contributed by atoms with Crippen molar-refractivity contribution in [1.82, 2.24) is 19.4 Å². The van der Waals surface area contributed by atoms with Crippen LogP contribution in [0.25, 0.3) is 11.0 Å². The Bertz CT molecular complexity index is 1730. The third-order valence-electron chi connectivity index (χ3n) is 8.71. The summed E-state index contributed by atoms with van der Waals surface area (Å²) in [4.78, 5) is 22.6. The summed E-state index contributed by atoms with van der Waals surface area (Å²) in [5.74, 6) is 1.56. The van der Waals surface area contributed by atoms with Gasteiger partial charge in [-0.15, -0.1) is 13.0 Å². The molecule has 1 aliphatic heterocycles. The van der Waals surface area contributed by atoms with Crippen LogP contribution in [0.15, 0.2) is 48.7 Å². The number of imidazole rings is 1. The minimum absolute atomic E-state index is 0. The number of hydrogen-bond acceptors (Lipinski definition) is 10. The summed E-state index contributed by atoms with van der Waals surface area (Å²) >= 11 is 5.59. The van der Waals surface area contributed by atoms with Crippen molar-refractivity contribution in [1.29, 1.82) is 5.26 Å². The van der Waals surface area contributed by atoms with Crippen molar-refractivity contribution in [2.75, 3.05) is 38.8 Å². The molecular weight excluding hydrogens is 975 g/mol. The Morgan fingerprint density at radius 2 is 1.67 bits per heavy atom. The summed E-state index contributed by atoms with van der Waals surface area (Å²) in [6.07, 6.45) is 6.36. The molecule has 6 rings (SSSR count). The van der Waals surface area contributed by atoms with Crippen LogP contribution in [0.1, 0.15) is 106 Å². The molecule has 0 bridgehead atoms. The maximum Gasteiger partial charge on any atom is 0.292 e. The van der Waals surface area contributed by atoms with Crippen LogP contribution in [0, 0.1) is 30.1 Å². The molecule has 0 amide bonds. The number of carbonyl (C=O) groups is 1. The van der Waals surface area contributed by atoms with E-state index in [0.29, 0.717) is 30.3 Å². The van der Waals surface area contributed by atoms with Gasteiger partial charge in [0, 0.05) is 43.4 Å². The summed E-state index contributed by atoms with van der Waals surface area (Å²) in [6.45, 7) is 26.2. The first-order valence-electron chi connectivity index (χ1n) is 19.9. The summed E-state index contributed by atoms with van der Waals surface area (Å²) in [5.41, 5.74) is 4.30. The average molecular weight is 1040 g/mol. The molecule has 2 aromatic heterocycles. The Balaban J connectivity index is 0. The molecule has 0 spiro atoms. The molecule has 0 radical (unpaired) electrons. The third-order valence-corrected chi connectivity index (χ3v) is 8.93. The summed E-state index contributed by atoms with van der Waals surface area (Å²) < 4.78 is 11.8. The van der Waals surface area contributed by atoms with Crippen molar-refractivity contribution >= 4 is 34.8 Å². The Hall–Kier alpha value is -5.66. The summed E-state index contributed by atoms with van der Waals surface area (Å²) in [6, 6.07) is 15.8. The van der Waals surface area contributed by atoms with Gasteiger partial charge in [-0.05, 0) is 56.0 Å². The largest absolute Gasteiger partial charge is 0.504 e. The van der Waals surface area contributed by atoms with Gasteiger partial charge < -0.3 is 29.2 Å². The molecule has 4 aromatic rings. The van der Waals surface area contributed by atoms with Crippen molar-refractivity contribution in [2.45, 2.75) is 115 Å². The zero-order valence-corrected chi connectivity index (χ0v) is 40.2. The molecule has 1 saturated heterocycles. The van der Waals surface area contributed by atoms with Gasteiger partial charge in [-0.3, -0.25) is 14.7 Å². The molecular formula is C44H68ClCmN6O5-. The second-order valence-electron chi connectivity index (χ2n) is 12.0. The number of benzene rings is 2. The van der Waals surface area contributed by atoms with Gasteiger partial charge in [0.1, 0.15) is 17.1 Å². The second kappa shape index (κ2) is 28.7. The topological polar surface area (TPSA) is 137 Å². The van der Waals surface area contributed by atoms with E-state index >= 15 is 0 Å². The zero-order valence-electron chi connectivity index (χ0n) is 36.5. The number of nitriles is 1.